The number of aryl methyl sites for hydroxylation is 1. The van der Waals surface area contributed by atoms with Crippen LogP contribution in [0.15, 0.2) is 102 Å². The minimum Gasteiger partial charge on any atom is -0.478 e. The summed E-state index contributed by atoms with van der Waals surface area (Å²) < 4.78 is 0.701. The molecule has 268 valence electrons. The number of carbonyl (C=O) groups is 3. The predicted molar refractivity (Wildman–Crippen MR) is 210 cm³/mol. The van der Waals surface area contributed by atoms with Crippen LogP contribution in [-0.2, 0) is 12.0 Å². The van der Waals surface area contributed by atoms with Crippen molar-refractivity contribution in [2.75, 3.05) is 10.6 Å². The van der Waals surface area contributed by atoms with Crippen LogP contribution in [0.4, 0.5) is 11.4 Å². The standard InChI is InChI=1S/C42H39BrN6O4/c1-42(2,3)34-23-28-8-4-5-9-32(28)36(41(52)53)37(34)40(51)45-31-19-14-27(15-20-31)26-12-17-30(18-13-26)44-39(50)29-16-21-33(35(43)24-29)38-46-48-49(47-38)22-6-7-25-10-11-25/h4-5,8-9,12-21,23-25H,6-7,10-11,22H2,1-3H3,(H,44,50)(H,45,51)(H,52,53). The molecule has 0 saturated heterocycles. The third-order valence-corrected chi connectivity index (χ3v) is 10.2. The number of aromatic carboxylic acids is 1. The van der Waals surface area contributed by atoms with Gasteiger partial charge in [0.2, 0.25) is 5.82 Å². The van der Waals surface area contributed by atoms with Gasteiger partial charge >= 0.3 is 5.97 Å². The van der Waals surface area contributed by atoms with Crippen LogP contribution in [0.3, 0.4) is 0 Å². The number of carboxylic acids is 1. The molecule has 10 nitrogen and oxygen atoms in total. The maximum absolute atomic E-state index is 13.8. The average molecular weight is 772 g/mol. The summed E-state index contributed by atoms with van der Waals surface area (Å²) in [4.78, 5) is 41.1. The number of nitrogens with one attached hydrogen (secondary N) is 2. The number of hydrogen-bond donors (Lipinski definition) is 3. The molecule has 0 atom stereocenters. The van der Waals surface area contributed by atoms with E-state index in [2.05, 4.69) is 42.0 Å². The number of nitrogens with zero attached hydrogens (tertiary/aromatic N) is 4. The van der Waals surface area contributed by atoms with E-state index in [0.717, 1.165) is 41.0 Å². The summed E-state index contributed by atoms with van der Waals surface area (Å²) >= 11 is 3.58. The van der Waals surface area contributed by atoms with Crippen molar-refractivity contribution in [3.8, 4) is 22.5 Å². The molecule has 7 rings (SSSR count). The lowest BCUT2D eigenvalue weighted by Gasteiger charge is -2.25. The molecule has 1 heterocycles. The lowest BCUT2D eigenvalue weighted by Crippen LogP contribution is -2.24. The third-order valence-electron chi connectivity index (χ3n) is 9.51. The molecule has 0 radical (unpaired) electrons. The highest BCUT2D eigenvalue weighted by atomic mass is 79.9. The fourth-order valence-electron chi connectivity index (χ4n) is 6.50. The molecule has 6 aromatic rings. The number of carboxylic acid groups (broad SMARTS) is 1. The first-order chi connectivity index (χ1) is 25.4. The second kappa shape index (κ2) is 14.7. The Morgan fingerprint density at radius 2 is 1.47 bits per heavy atom. The fraction of sp³-hybridized carbons (Fsp3) is 0.238. The van der Waals surface area contributed by atoms with Gasteiger partial charge in [0.15, 0.2) is 0 Å². The van der Waals surface area contributed by atoms with Gasteiger partial charge in [0.05, 0.1) is 17.7 Å². The number of anilines is 2. The van der Waals surface area contributed by atoms with E-state index in [9.17, 15) is 19.5 Å². The van der Waals surface area contributed by atoms with Gasteiger partial charge in [-0.1, -0.05) is 98.1 Å². The van der Waals surface area contributed by atoms with E-state index in [-0.39, 0.29) is 17.0 Å². The zero-order valence-electron chi connectivity index (χ0n) is 29.7. The Kier molecular flexibility index (Phi) is 9.94. The molecule has 1 fully saturated rings. The van der Waals surface area contributed by atoms with Crippen molar-refractivity contribution in [2.45, 2.75) is 58.4 Å². The van der Waals surface area contributed by atoms with E-state index in [1.807, 2.05) is 81.4 Å². The van der Waals surface area contributed by atoms with E-state index in [1.54, 1.807) is 41.2 Å². The largest absolute Gasteiger partial charge is 0.478 e. The molecule has 0 spiro atoms. The minimum absolute atomic E-state index is 0.00816. The number of halogens is 1. The van der Waals surface area contributed by atoms with Crippen LogP contribution >= 0.6 is 15.9 Å². The van der Waals surface area contributed by atoms with E-state index < -0.39 is 17.3 Å². The Morgan fingerprint density at radius 3 is 2.08 bits per heavy atom. The molecular formula is C42H39BrN6O4. The van der Waals surface area contributed by atoms with Gasteiger partial charge in [0, 0.05) is 27.0 Å². The van der Waals surface area contributed by atoms with Gasteiger partial charge in [-0.25, -0.2) is 4.79 Å². The molecule has 0 bridgehead atoms. The Bertz CT molecular complexity index is 2340. The van der Waals surface area contributed by atoms with Crippen molar-refractivity contribution in [3.63, 3.8) is 0 Å². The molecule has 5 aromatic carbocycles. The molecule has 1 aromatic heterocycles. The van der Waals surface area contributed by atoms with Crippen LogP contribution < -0.4 is 10.6 Å². The maximum atomic E-state index is 13.8. The van der Waals surface area contributed by atoms with E-state index in [4.69, 9.17) is 0 Å². The van der Waals surface area contributed by atoms with Gasteiger partial charge in [-0.3, -0.25) is 9.59 Å². The summed E-state index contributed by atoms with van der Waals surface area (Å²) in [5.74, 6) is -0.511. The van der Waals surface area contributed by atoms with Crippen LogP contribution in [0.2, 0.25) is 0 Å². The van der Waals surface area contributed by atoms with Crippen molar-refractivity contribution < 1.29 is 19.5 Å². The van der Waals surface area contributed by atoms with Crippen molar-refractivity contribution in [2.24, 2.45) is 5.92 Å². The van der Waals surface area contributed by atoms with Gasteiger partial charge < -0.3 is 15.7 Å². The Balaban J connectivity index is 1.00. The van der Waals surface area contributed by atoms with E-state index in [0.29, 0.717) is 38.2 Å². The van der Waals surface area contributed by atoms with Crippen molar-refractivity contribution in [1.82, 2.24) is 20.2 Å². The van der Waals surface area contributed by atoms with E-state index >= 15 is 0 Å². The Morgan fingerprint density at radius 1 is 0.830 bits per heavy atom. The summed E-state index contributed by atoms with van der Waals surface area (Å²) in [7, 11) is 0. The number of fused-ring (bicyclic) bond motifs is 1. The first-order valence-corrected chi connectivity index (χ1v) is 18.4. The van der Waals surface area contributed by atoms with Gasteiger partial charge in [-0.2, -0.15) is 4.80 Å². The predicted octanol–water partition coefficient (Wildman–Crippen LogP) is 9.61. The molecule has 0 unspecified atom stereocenters. The second-order valence-electron chi connectivity index (χ2n) is 14.5. The van der Waals surface area contributed by atoms with Gasteiger partial charge in [-0.15, -0.1) is 10.2 Å². The summed E-state index contributed by atoms with van der Waals surface area (Å²) in [6, 6.07) is 29.3. The number of amides is 2. The van der Waals surface area contributed by atoms with Crippen molar-refractivity contribution >= 4 is 55.9 Å². The summed E-state index contributed by atoms with van der Waals surface area (Å²) in [6.45, 7) is 6.63. The Labute approximate surface area is 315 Å². The molecular weight excluding hydrogens is 732 g/mol. The van der Waals surface area contributed by atoms with Gasteiger partial charge in [-0.05, 0) is 105 Å². The topological polar surface area (TPSA) is 139 Å². The highest BCUT2D eigenvalue weighted by Crippen LogP contribution is 2.35. The van der Waals surface area contributed by atoms with Gasteiger partial charge in [0.1, 0.15) is 0 Å². The van der Waals surface area contributed by atoms with Crippen molar-refractivity contribution in [1.29, 1.82) is 0 Å². The molecule has 3 N–H and O–H groups in total. The zero-order chi connectivity index (χ0) is 37.3. The molecule has 53 heavy (non-hydrogen) atoms. The van der Waals surface area contributed by atoms with Crippen LogP contribution in [0.1, 0.15) is 83.1 Å². The smallest absolute Gasteiger partial charge is 0.337 e. The first kappa shape index (κ1) is 35.7. The van der Waals surface area contributed by atoms with Crippen LogP contribution in [-0.4, -0.2) is 43.1 Å². The summed E-state index contributed by atoms with van der Waals surface area (Å²) in [5.41, 5.74) is 4.56. The van der Waals surface area contributed by atoms with Crippen LogP contribution in [0.5, 0.6) is 0 Å². The maximum Gasteiger partial charge on any atom is 0.337 e. The van der Waals surface area contributed by atoms with Crippen LogP contribution in [0.25, 0.3) is 33.3 Å². The molecule has 1 aliphatic rings. The number of aromatic nitrogens is 4. The van der Waals surface area contributed by atoms with E-state index in [1.165, 1.54) is 19.3 Å². The Hall–Kier alpha value is -5.68. The first-order valence-electron chi connectivity index (χ1n) is 17.6. The van der Waals surface area contributed by atoms with Crippen molar-refractivity contribution in [3.05, 3.63) is 124 Å². The molecule has 2 amide bonds. The highest BCUT2D eigenvalue weighted by molar-refractivity contribution is 9.10. The quantitative estimate of drug-likeness (QED) is 0.119. The summed E-state index contributed by atoms with van der Waals surface area (Å²) in [5, 5.41) is 30.3. The molecule has 1 aliphatic carbocycles. The van der Waals surface area contributed by atoms with Crippen LogP contribution in [0, 0.1) is 5.92 Å². The zero-order valence-corrected chi connectivity index (χ0v) is 31.3. The molecule has 11 heteroatoms. The number of carbonyl (C=O) groups excluding carboxylic acids is 2. The normalized spacial score (nSPS) is 12.8. The monoisotopic (exact) mass is 770 g/mol. The van der Waals surface area contributed by atoms with Gasteiger partial charge in [0.25, 0.3) is 11.8 Å². The molecule has 0 aliphatic heterocycles. The molecule has 1 saturated carbocycles. The number of rotatable bonds is 11. The fourth-order valence-corrected chi connectivity index (χ4v) is 7.05. The summed E-state index contributed by atoms with van der Waals surface area (Å²) in [6.07, 6.45) is 4.91. The number of tetrazole rings is 1. The second-order valence-corrected chi connectivity index (χ2v) is 15.4. The minimum atomic E-state index is -1.15. The number of hydrogen-bond acceptors (Lipinski definition) is 6. The lowest BCUT2D eigenvalue weighted by molar-refractivity contribution is 0.0694. The number of benzene rings is 5. The lowest BCUT2D eigenvalue weighted by atomic mass is 9.79. The highest BCUT2D eigenvalue weighted by Gasteiger charge is 2.29. The third kappa shape index (κ3) is 8.05. The SMILES string of the molecule is CC(C)(C)c1cc2ccccc2c(C(=O)O)c1C(=O)Nc1ccc(-c2ccc(NC(=O)c3ccc(-c4nnn(CCCC5CC5)n4)c(Br)c3)cc2)cc1. The average Bonchev–Trinajstić information content (AvgIpc) is 3.85.